The Morgan fingerprint density at radius 3 is 2.05 bits per heavy atom. The molecule has 2 fully saturated rings. The number of hydrogen-bond donors (Lipinski definition) is 0. The van der Waals surface area contributed by atoms with Crippen molar-refractivity contribution in [1.29, 1.82) is 0 Å². The van der Waals surface area contributed by atoms with Crippen LogP contribution >= 0.6 is 0 Å². The van der Waals surface area contributed by atoms with E-state index in [4.69, 9.17) is 33.2 Å². The highest BCUT2D eigenvalue weighted by Gasteiger charge is 2.48. The number of methoxy groups -OCH3 is 1. The number of carbonyl (C=O) groups excluding carboxylic acids is 3. The maximum Gasteiger partial charge on any atom is 0.338 e. The van der Waals surface area contributed by atoms with Gasteiger partial charge in [-0.05, 0) is 42.1 Å². The van der Waals surface area contributed by atoms with E-state index in [1.807, 2.05) is 13.8 Å². The van der Waals surface area contributed by atoms with Crippen molar-refractivity contribution in [2.75, 3.05) is 20.3 Å². The van der Waals surface area contributed by atoms with E-state index < -0.39 is 60.9 Å². The minimum absolute atomic E-state index is 0.0353. The lowest BCUT2D eigenvalue weighted by Gasteiger charge is -2.46. The van der Waals surface area contributed by atoms with Gasteiger partial charge in [0.1, 0.15) is 19.3 Å². The predicted molar refractivity (Wildman–Crippen MR) is 154 cm³/mol. The van der Waals surface area contributed by atoms with Gasteiger partial charge in [0, 0.05) is 24.9 Å². The standard InChI is InChI=1S/C31H37N3O10/c1-18-19(2)27(44-29(37)22-13-9-6-10-14-22)31(42-25(18)16-39-20(3)35)41-24-15-23(33-34-32)30(38-4)43-26(24)17-40-28(36)21-11-7-5-8-12-21/h5-14,18-19,23-27,30-31H,15-17H2,1-4H3/t18-,19-,23?,24-,25?,26?,27?,30-,31+/m0/s1. The van der Waals surface area contributed by atoms with Gasteiger partial charge in [0.2, 0.25) is 0 Å². The molecule has 0 aromatic heterocycles. The fraction of sp³-hybridized carbons (Fsp3) is 0.516. The van der Waals surface area contributed by atoms with Gasteiger partial charge in [-0.15, -0.1) is 0 Å². The summed E-state index contributed by atoms with van der Waals surface area (Å²) in [4.78, 5) is 40.4. The van der Waals surface area contributed by atoms with Crippen LogP contribution in [-0.2, 0) is 38.0 Å². The van der Waals surface area contributed by atoms with E-state index in [0.717, 1.165) is 0 Å². The van der Waals surface area contributed by atoms with E-state index in [-0.39, 0.29) is 31.5 Å². The van der Waals surface area contributed by atoms with E-state index in [9.17, 15) is 19.9 Å². The van der Waals surface area contributed by atoms with Crippen LogP contribution < -0.4 is 0 Å². The summed E-state index contributed by atoms with van der Waals surface area (Å²) < 4.78 is 41.0. The van der Waals surface area contributed by atoms with Crippen LogP contribution in [0.3, 0.4) is 0 Å². The SMILES string of the molecule is CO[C@H]1OC(COC(=O)c2ccccc2)[C@@H](O[C@@H]2OC(COC(C)=O)[C@@H](C)[C@H](C)C2OC(=O)c2ccccc2)CC1N=[N+]=[N-]. The van der Waals surface area contributed by atoms with Gasteiger partial charge in [0.25, 0.3) is 0 Å². The fourth-order valence-electron chi connectivity index (χ4n) is 5.20. The van der Waals surface area contributed by atoms with Gasteiger partial charge in [0.15, 0.2) is 18.7 Å². The van der Waals surface area contributed by atoms with Crippen molar-refractivity contribution in [3.63, 3.8) is 0 Å². The van der Waals surface area contributed by atoms with Crippen LogP contribution in [0.2, 0.25) is 0 Å². The minimum atomic E-state index is -1.14. The number of rotatable bonds is 11. The zero-order chi connectivity index (χ0) is 31.6. The Labute approximate surface area is 255 Å². The molecule has 2 saturated heterocycles. The summed E-state index contributed by atoms with van der Waals surface area (Å²) in [6.45, 7) is 4.86. The van der Waals surface area contributed by atoms with Crippen LogP contribution in [0.1, 0.15) is 47.9 Å². The molecule has 44 heavy (non-hydrogen) atoms. The Kier molecular flexibility index (Phi) is 11.7. The lowest BCUT2D eigenvalue weighted by atomic mass is 9.83. The summed E-state index contributed by atoms with van der Waals surface area (Å²) in [6, 6.07) is 16.2. The Morgan fingerprint density at radius 2 is 1.45 bits per heavy atom. The molecule has 0 radical (unpaired) electrons. The number of benzene rings is 2. The summed E-state index contributed by atoms with van der Waals surface area (Å²) in [7, 11) is 1.41. The van der Waals surface area contributed by atoms with Gasteiger partial charge in [-0.25, -0.2) is 9.59 Å². The average molecular weight is 612 g/mol. The van der Waals surface area contributed by atoms with Crippen molar-refractivity contribution in [3.8, 4) is 0 Å². The summed E-state index contributed by atoms with van der Waals surface area (Å²) >= 11 is 0. The first kappa shape index (κ1) is 32.9. The molecule has 0 amide bonds. The van der Waals surface area contributed by atoms with Crippen LogP contribution in [0.15, 0.2) is 65.8 Å². The van der Waals surface area contributed by atoms with Crippen molar-refractivity contribution in [2.24, 2.45) is 17.0 Å². The lowest BCUT2D eigenvalue weighted by Crippen LogP contribution is -2.57. The maximum absolute atomic E-state index is 13.1. The van der Waals surface area contributed by atoms with E-state index in [0.29, 0.717) is 11.1 Å². The van der Waals surface area contributed by atoms with E-state index in [1.165, 1.54) is 14.0 Å². The molecule has 4 rings (SSSR count). The van der Waals surface area contributed by atoms with Crippen LogP contribution in [0.4, 0.5) is 0 Å². The number of nitrogens with zero attached hydrogens (tertiary/aromatic N) is 3. The molecule has 236 valence electrons. The lowest BCUT2D eigenvalue weighted by molar-refractivity contribution is -0.317. The van der Waals surface area contributed by atoms with Crippen molar-refractivity contribution < 1.29 is 47.5 Å². The Balaban J connectivity index is 1.59. The highest BCUT2D eigenvalue weighted by atomic mass is 16.7. The molecule has 2 aromatic rings. The second-order valence-electron chi connectivity index (χ2n) is 10.7. The third kappa shape index (κ3) is 8.34. The van der Waals surface area contributed by atoms with Crippen LogP contribution in [0.25, 0.3) is 10.4 Å². The molecule has 9 atom stereocenters. The molecule has 2 heterocycles. The van der Waals surface area contributed by atoms with Gasteiger partial charge in [0.05, 0.1) is 29.4 Å². The molecule has 0 aliphatic carbocycles. The minimum Gasteiger partial charge on any atom is -0.463 e. The zero-order valence-corrected chi connectivity index (χ0v) is 25.0. The molecule has 0 saturated carbocycles. The molecule has 0 N–H and O–H groups in total. The largest absolute Gasteiger partial charge is 0.463 e. The highest BCUT2D eigenvalue weighted by Crippen LogP contribution is 2.37. The Morgan fingerprint density at radius 1 is 0.864 bits per heavy atom. The van der Waals surface area contributed by atoms with Gasteiger partial charge < -0.3 is 33.2 Å². The number of carbonyl (C=O) groups is 3. The molecule has 4 unspecified atom stereocenters. The molecule has 0 bridgehead atoms. The Bertz CT molecular complexity index is 1310. The van der Waals surface area contributed by atoms with E-state index in [2.05, 4.69) is 10.0 Å². The predicted octanol–water partition coefficient (Wildman–Crippen LogP) is 4.45. The molecular formula is C31H37N3O10. The summed E-state index contributed by atoms with van der Waals surface area (Å²) in [5, 5.41) is 3.81. The highest BCUT2D eigenvalue weighted by molar-refractivity contribution is 5.89. The third-order valence-corrected chi connectivity index (χ3v) is 7.86. The normalized spacial score (nSPS) is 30.0. The fourth-order valence-corrected chi connectivity index (χ4v) is 5.20. The van der Waals surface area contributed by atoms with Gasteiger partial charge in [-0.1, -0.05) is 55.4 Å². The van der Waals surface area contributed by atoms with Crippen molar-refractivity contribution >= 4 is 17.9 Å². The topological polar surface area (TPSA) is 165 Å². The summed E-state index contributed by atoms with van der Waals surface area (Å²) in [5.41, 5.74) is 9.88. The molecule has 2 aliphatic heterocycles. The summed E-state index contributed by atoms with van der Waals surface area (Å²) in [6.07, 6.45) is -5.12. The van der Waals surface area contributed by atoms with Gasteiger partial charge >= 0.3 is 17.9 Å². The van der Waals surface area contributed by atoms with E-state index >= 15 is 0 Å². The quantitative estimate of drug-likeness (QED) is 0.116. The molecular weight excluding hydrogens is 574 g/mol. The molecule has 13 heteroatoms. The first-order valence-corrected chi connectivity index (χ1v) is 14.4. The molecule has 2 aromatic carbocycles. The number of ether oxygens (including phenoxy) is 7. The van der Waals surface area contributed by atoms with Crippen LogP contribution in [0.5, 0.6) is 0 Å². The first-order chi connectivity index (χ1) is 21.2. The van der Waals surface area contributed by atoms with Crippen molar-refractivity contribution in [1.82, 2.24) is 0 Å². The second-order valence-corrected chi connectivity index (χ2v) is 10.7. The van der Waals surface area contributed by atoms with Gasteiger partial charge in [-0.3, -0.25) is 4.79 Å². The molecule has 0 spiro atoms. The van der Waals surface area contributed by atoms with Crippen molar-refractivity contribution in [3.05, 3.63) is 82.2 Å². The van der Waals surface area contributed by atoms with Crippen LogP contribution in [0, 0.1) is 11.8 Å². The van der Waals surface area contributed by atoms with Gasteiger partial charge in [-0.2, -0.15) is 0 Å². The molecule has 13 nitrogen and oxygen atoms in total. The maximum atomic E-state index is 13.1. The Hall–Kier alpha value is -4.00. The smallest absolute Gasteiger partial charge is 0.338 e. The summed E-state index contributed by atoms with van der Waals surface area (Å²) in [5.74, 6) is -2.08. The monoisotopic (exact) mass is 611 g/mol. The second kappa shape index (κ2) is 15.6. The number of azide groups is 1. The number of hydrogen-bond acceptors (Lipinski definition) is 11. The number of esters is 3. The first-order valence-electron chi connectivity index (χ1n) is 14.4. The van der Waals surface area contributed by atoms with E-state index in [1.54, 1.807) is 60.7 Å². The molecule has 2 aliphatic rings. The zero-order valence-electron chi connectivity index (χ0n) is 25.0. The average Bonchev–Trinajstić information content (AvgIpc) is 3.04. The third-order valence-electron chi connectivity index (χ3n) is 7.86. The van der Waals surface area contributed by atoms with Crippen molar-refractivity contribution in [2.45, 2.75) is 70.2 Å². The van der Waals surface area contributed by atoms with Crippen LogP contribution in [-0.4, -0.2) is 81.3 Å².